The lowest BCUT2D eigenvalue weighted by Gasteiger charge is -2.22. The van der Waals surface area contributed by atoms with Crippen LogP contribution in [-0.4, -0.2) is 35.1 Å². The van der Waals surface area contributed by atoms with Gasteiger partial charge in [-0.05, 0) is 30.2 Å². The number of carbonyl (C=O) groups excluding carboxylic acids is 1. The standard InChI is InChI=1S/C21H26N4O4S/c1-14(2)20(21-22-11-12-25(21)3)24-18(26)9-10-19-23-13-17(29-19)15-5-7-16(8-6-15)30(4,27)28/h5-8,11-14,20H,9-10H2,1-4H3,(H,24,26)/t20-/m1/s1. The number of nitrogens with zero attached hydrogens (tertiary/aromatic N) is 3. The van der Waals surface area contributed by atoms with Crippen molar-refractivity contribution in [2.24, 2.45) is 13.0 Å². The van der Waals surface area contributed by atoms with Gasteiger partial charge in [0.05, 0.1) is 17.1 Å². The molecule has 0 radical (unpaired) electrons. The first-order valence-electron chi connectivity index (χ1n) is 9.67. The molecule has 1 amide bonds. The second kappa shape index (κ2) is 8.83. The Hall–Kier alpha value is -2.94. The van der Waals surface area contributed by atoms with Crippen LogP contribution < -0.4 is 5.32 Å². The van der Waals surface area contributed by atoms with Crippen LogP contribution in [0, 0.1) is 5.92 Å². The molecule has 0 fully saturated rings. The average molecular weight is 431 g/mol. The van der Waals surface area contributed by atoms with Crippen LogP contribution in [0.3, 0.4) is 0 Å². The summed E-state index contributed by atoms with van der Waals surface area (Å²) in [7, 11) is -1.34. The third-order valence-corrected chi connectivity index (χ3v) is 5.93. The van der Waals surface area contributed by atoms with Crippen LogP contribution in [0.4, 0.5) is 0 Å². The van der Waals surface area contributed by atoms with Gasteiger partial charge < -0.3 is 14.3 Å². The Bertz CT molecular complexity index is 1110. The monoisotopic (exact) mass is 430 g/mol. The fourth-order valence-electron chi connectivity index (χ4n) is 3.10. The second-order valence-corrected chi connectivity index (χ2v) is 9.62. The number of sulfone groups is 1. The van der Waals surface area contributed by atoms with E-state index in [9.17, 15) is 13.2 Å². The van der Waals surface area contributed by atoms with Gasteiger partial charge in [0.15, 0.2) is 21.5 Å². The third-order valence-electron chi connectivity index (χ3n) is 4.81. The van der Waals surface area contributed by atoms with Gasteiger partial charge >= 0.3 is 0 Å². The molecule has 8 nitrogen and oxygen atoms in total. The molecule has 0 aliphatic heterocycles. The summed E-state index contributed by atoms with van der Waals surface area (Å²) in [6.07, 6.45) is 6.91. The minimum absolute atomic E-state index is 0.103. The van der Waals surface area contributed by atoms with Crippen LogP contribution in [0.1, 0.15) is 38.0 Å². The molecule has 0 unspecified atom stereocenters. The molecule has 2 heterocycles. The van der Waals surface area contributed by atoms with Gasteiger partial charge in [0.2, 0.25) is 5.91 Å². The number of oxazole rings is 1. The van der Waals surface area contributed by atoms with Crippen molar-refractivity contribution in [1.29, 1.82) is 0 Å². The lowest BCUT2D eigenvalue weighted by Crippen LogP contribution is -2.33. The highest BCUT2D eigenvalue weighted by Gasteiger charge is 2.22. The van der Waals surface area contributed by atoms with Crippen molar-refractivity contribution in [1.82, 2.24) is 19.9 Å². The van der Waals surface area contributed by atoms with Crippen LogP contribution in [0.25, 0.3) is 11.3 Å². The highest BCUT2D eigenvalue weighted by atomic mass is 32.2. The highest BCUT2D eigenvalue weighted by molar-refractivity contribution is 7.90. The van der Waals surface area contributed by atoms with Crippen LogP contribution in [0.15, 0.2) is 52.2 Å². The maximum atomic E-state index is 12.5. The van der Waals surface area contributed by atoms with E-state index in [0.29, 0.717) is 18.1 Å². The van der Waals surface area contributed by atoms with Crippen molar-refractivity contribution < 1.29 is 17.6 Å². The molecule has 0 aliphatic carbocycles. The number of nitrogens with one attached hydrogen (secondary N) is 1. The minimum atomic E-state index is -3.25. The van der Waals surface area contributed by atoms with E-state index < -0.39 is 9.84 Å². The normalized spacial score (nSPS) is 12.8. The molecule has 0 bridgehead atoms. The van der Waals surface area contributed by atoms with E-state index in [1.165, 1.54) is 12.1 Å². The average Bonchev–Trinajstić information content (AvgIpc) is 3.33. The molecule has 9 heteroatoms. The first-order valence-corrected chi connectivity index (χ1v) is 11.6. The first-order chi connectivity index (χ1) is 14.1. The molecule has 30 heavy (non-hydrogen) atoms. The van der Waals surface area contributed by atoms with Crippen LogP contribution >= 0.6 is 0 Å². The lowest BCUT2D eigenvalue weighted by atomic mass is 10.0. The predicted octanol–water partition coefficient (Wildman–Crippen LogP) is 2.92. The molecule has 160 valence electrons. The number of benzene rings is 1. The van der Waals surface area contributed by atoms with Gasteiger partial charge in [-0.15, -0.1) is 0 Å². The summed E-state index contributed by atoms with van der Waals surface area (Å²) in [6.45, 7) is 4.07. The van der Waals surface area contributed by atoms with Gasteiger partial charge in [-0.1, -0.05) is 13.8 Å². The number of carbonyl (C=O) groups is 1. The van der Waals surface area contributed by atoms with Gasteiger partial charge in [-0.3, -0.25) is 4.79 Å². The summed E-state index contributed by atoms with van der Waals surface area (Å²) >= 11 is 0. The van der Waals surface area contributed by atoms with Crippen molar-refractivity contribution in [2.45, 2.75) is 37.6 Å². The third kappa shape index (κ3) is 5.15. The van der Waals surface area contributed by atoms with E-state index >= 15 is 0 Å². The van der Waals surface area contributed by atoms with Crippen molar-refractivity contribution in [3.8, 4) is 11.3 Å². The molecule has 3 rings (SSSR count). The van der Waals surface area contributed by atoms with Gasteiger partial charge in [0, 0.05) is 44.1 Å². The largest absolute Gasteiger partial charge is 0.441 e. The predicted molar refractivity (Wildman–Crippen MR) is 112 cm³/mol. The molecule has 1 aromatic carbocycles. The Morgan fingerprint density at radius 2 is 1.90 bits per heavy atom. The summed E-state index contributed by atoms with van der Waals surface area (Å²) in [6, 6.07) is 6.24. The fraction of sp³-hybridized carbons (Fsp3) is 0.381. The van der Waals surface area contributed by atoms with E-state index in [1.807, 2.05) is 31.7 Å². The van der Waals surface area contributed by atoms with Crippen LogP contribution in [0.5, 0.6) is 0 Å². The van der Waals surface area contributed by atoms with E-state index in [0.717, 1.165) is 17.6 Å². The van der Waals surface area contributed by atoms with Gasteiger partial charge in [0.25, 0.3) is 0 Å². The summed E-state index contributed by atoms with van der Waals surface area (Å²) in [5.41, 5.74) is 0.722. The molecule has 0 saturated heterocycles. The van der Waals surface area contributed by atoms with Gasteiger partial charge in [-0.2, -0.15) is 0 Å². The molecule has 0 saturated carbocycles. The van der Waals surface area contributed by atoms with Crippen LogP contribution in [0.2, 0.25) is 0 Å². The fourth-order valence-corrected chi connectivity index (χ4v) is 3.73. The molecule has 2 aromatic heterocycles. The molecule has 3 aromatic rings. The summed E-state index contributed by atoms with van der Waals surface area (Å²) in [5.74, 6) is 1.88. The van der Waals surface area contributed by atoms with E-state index in [-0.39, 0.29) is 29.2 Å². The molecule has 0 aliphatic rings. The van der Waals surface area contributed by atoms with E-state index in [4.69, 9.17) is 4.42 Å². The summed E-state index contributed by atoms with van der Waals surface area (Å²) < 4.78 is 30.8. The Balaban J connectivity index is 1.61. The molecule has 1 atom stereocenters. The molecule has 1 N–H and O–H groups in total. The smallest absolute Gasteiger partial charge is 0.221 e. The maximum Gasteiger partial charge on any atom is 0.221 e. The SMILES string of the molecule is CC(C)[C@@H](NC(=O)CCc1ncc(-c2ccc(S(C)(=O)=O)cc2)o1)c1nccn1C. The van der Waals surface area contributed by atoms with Crippen molar-refractivity contribution >= 4 is 15.7 Å². The topological polar surface area (TPSA) is 107 Å². The summed E-state index contributed by atoms with van der Waals surface area (Å²) in [4.78, 5) is 21.3. The number of amides is 1. The van der Waals surface area contributed by atoms with Crippen molar-refractivity contribution in [3.63, 3.8) is 0 Å². The zero-order valence-electron chi connectivity index (χ0n) is 17.5. The first kappa shape index (κ1) is 21.8. The Morgan fingerprint density at radius 3 is 2.47 bits per heavy atom. The molecular formula is C21H26N4O4S. The number of aromatic nitrogens is 3. The van der Waals surface area contributed by atoms with Gasteiger partial charge in [-0.25, -0.2) is 18.4 Å². The number of hydrogen-bond acceptors (Lipinski definition) is 6. The quantitative estimate of drug-likeness (QED) is 0.589. The molecule has 0 spiro atoms. The Morgan fingerprint density at radius 1 is 1.20 bits per heavy atom. The Kier molecular flexibility index (Phi) is 6.40. The zero-order valence-corrected chi connectivity index (χ0v) is 18.3. The number of hydrogen-bond donors (Lipinski definition) is 1. The zero-order chi connectivity index (χ0) is 21.9. The molecular weight excluding hydrogens is 404 g/mol. The van der Waals surface area contributed by atoms with Crippen LogP contribution in [-0.2, 0) is 28.1 Å². The lowest BCUT2D eigenvalue weighted by molar-refractivity contribution is -0.122. The van der Waals surface area contributed by atoms with E-state index in [1.54, 1.807) is 24.5 Å². The number of rotatable bonds is 8. The van der Waals surface area contributed by atoms with Gasteiger partial charge in [0.1, 0.15) is 5.82 Å². The highest BCUT2D eigenvalue weighted by Crippen LogP contribution is 2.23. The number of aryl methyl sites for hydroxylation is 2. The second-order valence-electron chi connectivity index (χ2n) is 7.60. The van der Waals surface area contributed by atoms with Crippen molar-refractivity contribution in [3.05, 3.63) is 54.6 Å². The minimum Gasteiger partial charge on any atom is -0.441 e. The number of imidazole rings is 1. The maximum absolute atomic E-state index is 12.5. The van der Waals surface area contributed by atoms with E-state index in [2.05, 4.69) is 15.3 Å². The summed E-state index contributed by atoms with van der Waals surface area (Å²) in [5, 5.41) is 3.04. The van der Waals surface area contributed by atoms with Crippen molar-refractivity contribution in [2.75, 3.05) is 6.26 Å². The Labute approximate surface area is 176 Å².